The minimum absolute atomic E-state index is 0. The maximum absolute atomic E-state index is 5.68. The van der Waals surface area contributed by atoms with E-state index in [2.05, 4.69) is 4.98 Å². The molecule has 1 heterocycles. The maximum atomic E-state index is 5.68. The fraction of sp³-hybridized carbons (Fsp3) is 0.167. The van der Waals surface area contributed by atoms with Gasteiger partial charge in [-0.1, -0.05) is 11.6 Å². The summed E-state index contributed by atoms with van der Waals surface area (Å²) in [6, 6.07) is 1.65. The molecule has 0 aliphatic carbocycles. The van der Waals surface area contributed by atoms with Crippen LogP contribution in [0.25, 0.3) is 0 Å². The van der Waals surface area contributed by atoms with E-state index in [1.807, 2.05) is 0 Å². The molecule has 0 unspecified atom stereocenters. The Labute approximate surface area is 75.9 Å². The molecule has 0 spiro atoms. The van der Waals surface area contributed by atoms with Crippen molar-refractivity contribution < 1.29 is 4.74 Å². The van der Waals surface area contributed by atoms with Gasteiger partial charge >= 0.3 is 0 Å². The molecular weight excluding hydrogens is 187 g/mol. The van der Waals surface area contributed by atoms with Crippen molar-refractivity contribution in [3.05, 3.63) is 17.3 Å². The lowest BCUT2D eigenvalue weighted by molar-refractivity contribution is 0.415. The molecule has 0 fully saturated rings. The Morgan fingerprint density at radius 2 is 2.27 bits per heavy atom. The summed E-state index contributed by atoms with van der Waals surface area (Å²) in [4.78, 5) is 3.75. The summed E-state index contributed by atoms with van der Waals surface area (Å²) in [5.41, 5.74) is 5.37. The van der Waals surface area contributed by atoms with Crippen LogP contribution in [-0.2, 0) is 0 Å². The quantitative estimate of drug-likeness (QED) is 0.742. The summed E-state index contributed by atoms with van der Waals surface area (Å²) in [5.74, 6) is 0.843. The zero-order chi connectivity index (χ0) is 7.56. The summed E-state index contributed by atoms with van der Waals surface area (Å²) in [6.07, 6.45) is 1.54. The molecule has 0 saturated heterocycles. The van der Waals surface area contributed by atoms with Gasteiger partial charge in [-0.05, 0) is 0 Å². The van der Waals surface area contributed by atoms with Crippen LogP contribution in [0.2, 0.25) is 5.02 Å². The number of nitrogens with two attached hydrogens (primary N) is 1. The lowest BCUT2D eigenvalue weighted by Gasteiger charge is -2.02. The second kappa shape index (κ2) is 4.26. The minimum Gasteiger partial charge on any atom is -0.495 e. The molecule has 62 valence electrons. The molecule has 1 rings (SSSR count). The van der Waals surface area contributed by atoms with Gasteiger partial charge in [-0.25, -0.2) is 4.98 Å². The van der Waals surface area contributed by atoms with E-state index in [1.165, 1.54) is 7.11 Å². The summed E-state index contributed by atoms with van der Waals surface area (Å²) in [7, 11) is 1.53. The number of rotatable bonds is 1. The van der Waals surface area contributed by atoms with Crippen LogP contribution in [0, 0.1) is 0 Å². The van der Waals surface area contributed by atoms with Crippen LogP contribution >= 0.6 is 24.0 Å². The van der Waals surface area contributed by atoms with E-state index >= 15 is 0 Å². The maximum Gasteiger partial charge on any atom is 0.145 e. The summed E-state index contributed by atoms with van der Waals surface area (Å²) in [5, 5.41) is 0.366. The van der Waals surface area contributed by atoms with Gasteiger partial charge in [0.25, 0.3) is 0 Å². The smallest absolute Gasteiger partial charge is 0.145 e. The highest BCUT2D eigenvalue weighted by molar-refractivity contribution is 6.34. The highest BCUT2D eigenvalue weighted by atomic mass is 35.5. The highest BCUT2D eigenvalue weighted by Gasteiger charge is 2.02. The van der Waals surface area contributed by atoms with Gasteiger partial charge in [-0.2, -0.15) is 0 Å². The normalized spacial score (nSPS) is 8.55. The Bertz CT molecular complexity index is 242. The van der Waals surface area contributed by atoms with Crippen LogP contribution in [0.3, 0.4) is 0 Å². The first-order valence-electron chi connectivity index (χ1n) is 2.69. The third kappa shape index (κ3) is 2.13. The fourth-order valence-electron chi connectivity index (χ4n) is 0.599. The minimum atomic E-state index is 0. The van der Waals surface area contributed by atoms with Crippen molar-refractivity contribution in [3.8, 4) is 5.75 Å². The highest BCUT2D eigenvalue weighted by Crippen LogP contribution is 2.26. The number of pyridine rings is 1. The molecule has 2 N–H and O–H groups in total. The predicted molar refractivity (Wildman–Crippen MR) is 47.5 cm³/mol. The standard InChI is InChI=1S/C6H7ClN2O.ClH/c1-10-4-2-3-9-6(8)5(4)7;/h2-3H,1H3,(H2,8,9);1H. The van der Waals surface area contributed by atoms with Crippen molar-refractivity contribution in [2.45, 2.75) is 0 Å². The van der Waals surface area contributed by atoms with E-state index in [-0.39, 0.29) is 12.4 Å². The molecule has 0 radical (unpaired) electrons. The Morgan fingerprint density at radius 3 is 2.73 bits per heavy atom. The van der Waals surface area contributed by atoms with Crippen molar-refractivity contribution in [2.24, 2.45) is 0 Å². The molecule has 11 heavy (non-hydrogen) atoms. The molecular formula is C6H8Cl2N2O. The molecule has 0 amide bonds. The molecule has 5 heteroatoms. The monoisotopic (exact) mass is 194 g/mol. The molecule has 0 aromatic carbocycles. The number of ether oxygens (including phenoxy) is 1. The van der Waals surface area contributed by atoms with Crippen molar-refractivity contribution in [1.82, 2.24) is 4.98 Å². The first-order valence-corrected chi connectivity index (χ1v) is 3.07. The van der Waals surface area contributed by atoms with Gasteiger partial charge in [-0.3, -0.25) is 0 Å². The number of methoxy groups -OCH3 is 1. The lowest BCUT2D eigenvalue weighted by Crippen LogP contribution is -1.92. The molecule has 0 bridgehead atoms. The zero-order valence-corrected chi connectivity index (χ0v) is 7.45. The van der Waals surface area contributed by atoms with Crippen LogP contribution in [-0.4, -0.2) is 12.1 Å². The lowest BCUT2D eigenvalue weighted by atomic mass is 10.4. The second-order valence-electron chi connectivity index (χ2n) is 1.71. The number of aromatic nitrogens is 1. The number of hydrogen-bond acceptors (Lipinski definition) is 3. The Kier molecular flexibility index (Phi) is 4.00. The van der Waals surface area contributed by atoms with Gasteiger partial charge in [0.1, 0.15) is 16.6 Å². The van der Waals surface area contributed by atoms with Gasteiger partial charge in [0.2, 0.25) is 0 Å². The fourth-order valence-corrected chi connectivity index (χ4v) is 0.788. The van der Waals surface area contributed by atoms with E-state index in [4.69, 9.17) is 22.1 Å². The summed E-state index contributed by atoms with van der Waals surface area (Å²) >= 11 is 5.68. The third-order valence-electron chi connectivity index (χ3n) is 1.10. The van der Waals surface area contributed by atoms with Gasteiger partial charge in [0, 0.05) is 12.3 Å². The van der Waals surface area contributed by atoms with Crippen LogP contribution in [0.1, 0.15) is 0 Å². The van der Waals surface area contributed by atoms with E-state index in [0.29, 0.717) is 16.6 Å². The van der Waals surface area contributed by atoms with Crippen molar-refractivity contribution >= 4 is 29.8 Å². The van der Waals surface area contributed by atoms with Crippen molar-refractivity contribution in [3.63, 3.8) is 0 Å². The van der Waals surface area contributed by atoms with E-state index in [9.17, 15) is 0 Å². The number of halogens is 2. The van der Waals surface area contributed by atoms with E-state index in [0.717, 1.165) is 0 Å². The second-order valence-corrected chi connectivity index (χ2v) is 2.09. The number of nitrogens with zero attached hydrogens (tertiary/aromatic N) is 1. The number of nitrogen functional groups attached to an aromatic ring is 1. The van der Waals surface area contributed by atoms with Gasteiger partial charge in [0.05, 0.1) is 7.11 Å². The molecule has 0 atom stereocenters. The topological polar surface area (TPSA) is 48.1 Å². The molecule has 3 nitrogen and oxygen atoms in total. The SMILES string of the molecule is COc1ccnc(N)c1Cl.Cl. The first-order chi connectivity index (χ1) is 4.75. The van der Waals surface area contributed by atoms with Gasteiger partial charge in [-0.15, -0.1) is 12.4 Å². The molecule has 1 aromatic heterocycles. The first kappa shape index (κ1) is 10.3. The van der Waals surface area contributed by atoms with Crippen LogP contribution in [0.4, 0.5) is 5.82 Å². The summed E-state index contributed by atoms with van der Waals surface area (Å²) < 4.78 is 4.87. The van der Waals surface area contributed by atoms with Gasteiger partial charge < -0.3 is 10.5 Å². The molecule has 0 saturated carbocycles. The molecule has 0 aliphatic heterocycles. The van der Waals surface area contributed by atoms with Crippen LogP contribution < -0.4 is 10.5 Å². The van der Waals surface area contributed by atoms with Crippen molar-refractivity contribution in [1.29, 1.82) is 0 Å². The van der Waals surface area contributed by atoms with E-state index < -0.39 is 0 Å². The Morgan fingerprint density at radius 1 is 1.64 bits per heavy atom. The average Bonchev–Trinajstić information content (AvgIpc) is 1.95. The molecule has 1 aromatic rings. The Hall–Kier alpha value is -0.670. The van der Waals surface area contributed by atoms with Crippen molar-refractivity contribution in [2.75, 3.05) is 12.8 Å². The number of hydrogen-bond donors (Lipinski definition) is 1. The van der Waals surface area contributed by atoms with Crippen LogP contribution in [0.15, 0.2) is 12.3 Å². The predicted octanol–water partition coefficient (Wildman–Crippen LogP) is 1.75. The zero-order valence-electron chi connectivity index (χ0n) is 5.87. The van der Waals surface area contributed by atoms with Gasteiger partial charge in [0.15, 0.2) is 0 Å². The third-order valence-corrected chi connectivity index (χ3v) is 1.48. The average molecular weight is 195 g/mol. The largest absolute Gasteiger partial charge is 0.495 e. The summed E-state index contributed by atoms with van der Waals surface area (Å²) in [6.45, 7) is 0. The molecule has 0 aliphatic rings. The number of anilines is 1. The van der Waals surface area contributed by atoms with E-state index in [1.54, 1.807) is 12.3 Å². The van der Waals surface area contributed by atoms with Crippen LogP contribution in [0.5, 0.6) is 5.75 Å². The Balaban J connectivity index is 0.000001000.